The van der Waals surface area contributed by atoms with Crippen LogP contribution in [0.15, 0.2) is 5.38 Å². The zero-order chi connectivity index (χ0) is 11.4. The molecule has 0 unspecified atom stereocenters. The second-order valence-corrected chi connectivity index (χ2v) is 5.20. The van der Waals surface area contributed by atoms with Crippen molar-refractivity contribution in [3.8, 4) is 0 Å². The third kappa shape index (κ3) is 2.69. The van der Waals surface area contributed by atoms with Crippen LogP contribution in [0.4, 0.5) is 0 Å². The summed E-state index contributed by atoms with van der Waals surface area (Å²) in [5.74, 6) is -0.999. The lowest BCUT2D eigenvalue weighted by Gasteiger charge is -2.03. The summed E-state index contributed by atoms with van der Waals surface area (Å²) < 4.78 is 10.2. The van der Waals surface area contributed by atoms with Crippen LogP contribution in [0.25, 0.3) is 0 Å². The molecule has 1 heterocycles. The first kappa shape index (κ1) is 12.4. The second-order valence-electron chi connectivity index (χ2n) is 2.51. The van der Waals surface area contributed by atoms with Gasteiger partial charge in [0, 0.05) is 5.38 Å². The number of halogens is 1. The van der Waals surface area contributed by atoms with E-state index in [1.807, 2.05) is 22.6 Å². The standard InChI is InChI=1S/C9H9IO4S/c1-3-14-9(12)6-5(8(11)13-2)4-15-7(6)10/h4H,3H2,1-2H3. The lowest BCUT2D eigenvalue weighted by atomic mass is 10.2. The Labute approximate surface area is 105 Å². The van der Waals surface area contributed by atoms with Gasteiger partial charge in [0.05, 0.1) is 27.7 Å². The van der Waals surface area contributed by atoms with Gasteiger partial charge in [-0.1, -0.05) is 0 Å². The van der Waals surface area contributed by atoms with E-state index in [4.69, 9.17) is 4.74 Å². The van der Waals surface area contributed by atoms with E-state index in [2.05, 4.69) is 4.74 Å². The van der Waals surface area contributed by atoms with E-state index in [0.29, 0.717) is 5.56 Å². The highest BCUT2D eigenvalue weighted by Crippen LogP contribution is 2.25. The molecule has 0 spiro atoms. The summed E-state index contributed by atoms with van der Waals surface area (Å²) in [4.78, 5) is 22.9. The smallest absolute Gasteiger partial charge is 0.340 e. The maximum Gasteiger partial charge on any atom is 0.340 e. The van der Waals surface area contributed by atoms with Gasteiger partial charge in [-0.15, -0.1) is 11.3 Å². The fourth-order valence-electron chi connectivity index (χ4n) is 0.988. The largest absolute Gasteiger partial charge is 0.465 e. The number of hydrogen-bond acceptors (Lipinski definition) is 5. The van der Waals surface area contributed by atoms with Crippen LogP contribution in [0, 0.1) is 2.88 Å². The molecule has 6 heteroatoms. The van der Waals surface area contributed by atoms with Crippen molar-refractivity contribution in [2.24, 2.45) is 0 Å². The number of rotatable bonds is 3. The van der Waals surface area contributed by atoms with Gasteiger partial charge in [0.1, 0.15) is 0 Å². The Balaban J connectivity index is 3.09. The van der Waals surface area contributed by atoms with Gasteiger partial charge in [0.15, 0.2) is 0 Å². The lowest BCUT2D eigenvalue weighted by Crippen LogP contribution is -2.11. The Morgan fingerprint density at radius 3 is 2.67 bits per heavy atom. The molecular weight excluding hydrogens is 331 g/mol. The van der Waals surface area contributed by atoms with E-state index in [-0.39, 0.29) is 12.2 Å². The summed E-state index contributed by atoms with van der Waals surface area (Å²) in [6.45, 7) is 2.00. The highest BCUT2D eigenvalue weighted by atomic mass is 127. The van der Waals surface area contributed by atoms with E-state index in [0.717, 1.165) is 2.88 Å². The second kappa shape index (κ2) is 5.45. The summed E-state index contributed by atoms with van der Waals surface area (Å²) in [6, 6.07) is 0. The third-order valence-corrected chi connectivity index (χ3v) is 3.70. The highest BCUT2D eigenvalue weighted by molar-refractivity contribution is 14.1. The first-order chi connectivity index (χ1) is 7.11. The Hall–Kier alpha value is -0.630. The third-order valence-electron chi connectivity index (χ3n) is 1.63. The average Bonchev–Trinajstić information content (AvgIpc) is 2.59. The number of thiophene rings is 1. The van der Waals surface area contributed by atoms with Crippen molar-refractivity contribution in [2.45, 2.75) is 6.92 Å². The minimum absolute atomic E-state index is 0.269. The maximum absolute atomic E-state index is 11.5. The van der Waals surface area contributed by atoms with Crippen LogP contribution in [-0.4, -0.2) is 25.7 Å². The topological polar surface area (TPSA) is 52.6 Å². The van der Waals surface area contributed by atoms with Gasteiger partial charge in [-0.25, -0.2) is 9.59 Å². The summed E-state index contributed by atoms with van der Waals surface area (Å²) in [6.07, 6.45) is 0. The van der Waals surface area contributed by atoms with Crippen molar-refractivity contribution in [2.75, 3.05) is 13.7 Å². The summed E-state index contributed by atoms with van der Waals surface area (Å²) in [5, 5.41) is 1.60. The van der Waals surface area contributed by atoms with Gasteiger partial charge in [-0.2, -0.15) is 0 Å². The molecule has 82 valence electrons. The summed E-state index contributed by atoms with van der Waals surface area (Å²) >= 11 is 3.31. The average molecular weight is 340 g/mol. The molecule has 0 saturated carbocycles. The predicted octanol–water partition coefficient (Wildman–Crippen LogP) is 2.32. The molecule has 1 aromatic rings. The van der Waals surface area contributed by atoms with Crippen LogP contribution in [-0.2, 0) is 9.47 Å². The molecule has 0 atom stereocenters. The minimum Gasteiger partial charge on any atom is -0.465 e. The van der Waals surface area contributed by atoms with E-state index >= 15 is 0 Å². The van der Waals surface area contributed by atoms with Crippen molar-refractivity contribution >= 4 is 45.9 Å². The molecule has 0 aliphatic carbocycles. The molecule has 1 rings (SSSR count). The van der Waals surface area contributed by atoms with Gasteiger partial charge in [-0.05, 0) is 29.5 Å². The molecule has 1 aromatic heterocycles. The minimum atomic E-state index is -0.516. The van der Waals surface area contributed by atoms with Crippen LogP contribution in [0.2, 0.25) is 0 Å². The van der Waals surface area contributed by atoms with E-state index in [1.54, 1.807) is 12.3 Å². The zero-order valence-electron chi connectivity index (χ0n) is 8.20. The van der Waals surface area contributed by atoms with Crippen LogP contribution >= 0.6 is 33.9 Å². The Kier molecular flexibility index (Phi) is 4.52. The van der Waals surface area contributed by atoms with E-state index in [1.165, 1.54) is 18.4 Å². The Morgan fingerprint density at radius 1 is 1.47 bits per heavy atom. The van der Waals surface area contributed by atoms with Crippen molar-refractivity contribution in [3.63, 3.8) is 0 Å². The number of esters is 2. The van der Waals surface area contributed by atoms with Gasteiger partial charge < -0.3 is 9.47 Å². The zero-order valence-corrected chi connectivity index (χ0v) is 11.2. The highest BCUT2D eigenvalue weighted by Gasteiger charge is 2.23. The molecule has 0 saturated heterocycles. The van der Waals surface area contributed by atoms with E-state index < -0.39 is 11.9 Å². The maximum atomic E-state index is 11.5. The number of carbonyl (C=O) groups is 2. The SMILES string of the molecule is CCOC(=O)c1c(C(=O)OC)csc1I. The number of methoxy groups -OCH3 is 1. The number of ether oxygens (including phenoxy) is 2. The molecule has 15 heavy (non-hydrogen) atoms. The normalized spacial score (nSPS) is 9.80. The van der Waals surface area contributed by atoms with Gasteiger partial charge in [-0.3, -0.25) is 0 Å². The number of carbonyl (C=O) groups excluding carboxylic acids is 2. The molecule has 4 nitrogen and oxygen atoms in total. The molecular formula is C9H9IO4S. The number of hydrogen-bond donors (Lipinski definition) is 0. The van der Waals surface area contributed by atoms with Crippen molar-refractivity contribution in [3.05, 3.63) is 19.4 Å². The van der Waals surface area contributed by atoms with Crippen molar-refractivity contribution < 1.29 is 19.1 Å². The predicted molar refractivity (Wildman–Crippen MR) is 64.3 cm³/mol. The molecule has 0 bridgehead atoms. The molecule has 0 aliphatic heterocycles. The molecule has 0 radical (unpaired) electrons. The van der Waals surface area contributed by atoms with Crippen molar-refractivity contribution in [1.82, 2.24) is 0 Å². The molecule has 0 aromatic carbocycles. The lowest BCUT2D eigenvalue weighted by molar-refractivity contribution is 0.0504. The monoisotopic (exact) mass is 340 g/mol. The first-order valence-electron chi connectivity index (χ1n) is 4.14. The summed E-state index contributed by atoms with van der Waals surface area (Å²) in [5.41, 5.74) is 0.569. The van der Waals surface area contributed by atoms with Gasteiger partial charge in [0.2, 0.25) is 0 Å². The fourth-order valence-corrected chi connectivity index (χ4v) is 2.63. The quantitative estimate of drug-likeness (QED) is 0.626. The molecule has 0 N–H and O–H groups in total. The molecule has 0 aliphatic rings. The summed E-state index contributed by atoms with van der Waals surface area (Å²) in [7, 11) is 1.28. The van der Waals surface area contributed by atoms with E-state index in [9.17, 15) is 9.59 Å². The van der Waals surface area contributed by atoms with Crippen molar-refractivity contribution in [1.29, 1.82) is 0 Å². The van der Waals surface area contributed by atoms with Crippen LogP contribution in [0.3, 0.4) is 0 Å². The van der Waals surface area contributed by atoms with Crippen LogP contribution < -0.4 is 0 Å². The molecule has 0 amide bonds. The van der Waals surface area contributed by atoms with Gasteiger partial charge in [0.25, 0.3) is 0 Å². The fraction of sp³-hybridized carbons (Fsp3) is 0.333. The Morgan fingerprint density at radius 2 is 2.13 bits per heavy atom. The van der Waals surface area contributed by atoms with Gasteiger partial charge >= 0.3 is 11.9 Å². The first-order valence-corrected chi connectivity index (χ1v) is 6.10. The van der Waals surface area contributed by atoms with Crippen LogP contribution in [0.5, 0.6) is 0 Å². The van der Waals surface area contributed by atoms with Crippen LogP contribution in [0.1, 0.15) is 27.6 Å². The molecule has 0 fully saturated rings. The Bertz CT molecular complexity index is 385.